The minimum Gasteiger partial charge on any atom is -0.481 e. The highest BCUT2D eigenvalue weighted by Gasteiger charge is 2.48. The molecule has 9 nitrogen and oxygen atoms in total. The van der Waals surface area contributed by atoms with Crippen LogP contribution in [0.2, 0.25) is 0 Å². The van der Waals surface area contributed by atoms with Gasteiger partial charge in [0.05, 0.1) is 25.0 Å². The largest absolute Gasteiger partial charge is 0.481 e. The van der Waals surface area contributed by atoms with Crippen LogP contribution in [0.25, 0.3) is 10.4 Å². The first-order valence-corrected chi connectivity index (χ1v) is 14.6. The van der Waals surface area contributed by atoms with Gasteiger partial charge in [-0.1, -0.05) is 30.3 Å². The van der Waals surface area contributed by atoms with E-state index >= 15 is 0 Å². The fraction of sp³-hybridized carbons (Fsp3) is 0.375. The molecule has 228 valence electrons. The van der Waals surface area contributed by atoms with Gasteiger partial charge in [0.1, 0.15) is 12.4 Å². The average Bonchev–Trinajstić information content (AvgIpc) is 3.39. The maximum absolute atomic E-state index is 13.4. The lowest BCUT2D eigenvalue weighted by molar-refractivity contribution is -0.189. The number of aryl methyl sites for hydroxylation is 1. The smallest absolute Gasteiger partial charge is 0.303 e. The maximum atomic E-state index is 13.4. The highest BCUT2D eigenvalue weighted by atomic mass is 32.1. The van der Waals surface area contributed by atoms with Crippen LogP contribution in [0.15, 0.2) is 54.6 Å². The molecule has 0 bridgehead atoms. The second kappa shape index (κ2) is 13.9. The summed E-state index contributed by atoms with van der Waals surface area (Å²) in [5, 5.41) is 29.1. The van der Waals surface area contributed by atoms with E-state index in [9.17, 15) is 38.9 Å². The normalized spacial score (nSPS) is 21.7. The minimum atomic E-state index is -1.20. The summed E-state index contributed by atoms with van der Waals surface area (Å²) in [5.74, 6) is -7.09. The third-order valence-corrected chi connectivity index (χ3v) is 8.96. The summed E-state index contributed by atoms with van der Waals surface area (Å²) in [6.45, 7) is 2.86. The Morgan fingerprint density at radius 1 is 0.860 bits per heavy atom. The fourth-order valence-electron chi connectivity index (χ4n) is 5.83. The van der Waals surface area contributed by atoms with Crippen LogP contribution in [0, 0.1) is 30.5 Å². The second-order valence-electron chi connectivity index (χ2n) is 10.8. The molecule has 3 N–H and O–H groups in total. The molecule has 43 heavy (non-hydrogen) atoms. The van der Waals surface area contributed by atoms with Crippen molar-refractivity contribution in [1.82, 2.24) is 0 Å². The summed E-state index contributed by atoms with van der Waals surface area (Å²) in [7, 11) is 0. The Morgan fingerprint density at radius 2 is 1.49 bits per heavy atom. The summed E-state index contributed by atoms with van der Waals surface area (Å²) in [5.41, 5.74) is 3.45. The van der Waals surface area contributed by atoms with E-state index in [1.807, 2.05) is 31.2 Å². The van der Waals surface area contributed by atoms with Gasteiger partial charge in [-0.3, -0.25) is 19.2 Å². The van der Waals surface area contributed by atoms with Crippen LogP contribution in [0.1, 0.15) is 53.9 Å². The lowest BCUT2D eigenvalue weighted by Crippen LogP contribution is -2.48. The van der Waals surface area contributed by atoms with E-state index in [-0.39, 0.29) is 12.4 Å². The molecular weight excluding hydrogens is 579 g/mol. The van der Waals surface area contributed by atoms with Crippen molar-refractivity contribution >= 4 is 35.2 Å². The van der Waals surface area contributed by atoms with Crippen molar-refractivity contribution in [2.45, 2.75) is 51.7 Å². The summed E-state index contributed by atoms with van der Waals surface area (Å²) in [6.07, 6.45) is -2.66. The zero-order chi connectivity index (χ0) is 31.3. The van der Waals surface area contributed by atoms with E-state index in [4.69, 9.17) is 9.47 Å². The van der Waals surface area contributed by atoms with Crippen LogP contribution in [0.5, 0.6) is 0 Å². The van der Waals surface area contributed by atoms with E-state index in [2.05, 4.69) is 0 Å². The summed E-state index contributed by atoms with van der Waals surface area (Å²) in [4.78, 5) is 49.4. The van der Waals surface area contributed by atoms with Crippen LogP contribution < -0.4 is 0 Å². The van der Waals surface area contributed by atoms with Crippen LogP contribution in [0.4, 0.5) is 4.39 Å². The molecule has 0 unspecified atom stereocenters. The molecule has 0 amide bonds. The zero-order valence-electron chi connectivity index (χ0n) is 23.7. The van der Waals surface area contributed by atoms with Crippen LogP contribution in [0.3, 0.4) is 0 Å². The molecule has 1 aliphatic heterocycles. The van der Waals surface area contributed by atoms with Gasteiger partial charge in [-0.25, -0.2) is 4.39 Å². The first-order chi connectivity index (χ1) is 20.4. The number of hydrogen-bond acceptors (Lipinski definition) is 7. The van der Waals surface area contributed by atoms with Crippen molar-refractivity contribution in [3.05, 3.63) is 82.0 Å². The minimum absolute atomic E-state index is 0.292. The lowest BCUT2D eigenvalue weighted by Gasteiger charge is -2.46. The average molecular weight is 613 g/mol. The van der Waals surface area contributed by atoms with Gasteiger partial charge in [0, 0.05) is 41.4 Å². The predicted octanol–water partition coefficient (Wildman–Crippen LogP) is 5.73. The molecular formula is C32H33FO9S. The standard InChI is InChI=1S/C32H33FO9S/c1-17-3-4-20(11-21(17)12-23-9-10-28(43-23)19-5-7-22(33)8-6-19)32-26(15-31(39)40)24(13-29(35)36)25(14-30(37)38)27(42-32)16-41-18(2)34/h3-11,24-27,32H,12-16H2,1-2H3,(H,35,36)(H,37,38)(H,39,40)/t24-,25+,26-,27-,32+/m0/s1. The third-order valence-electron chi connectivity index (χ3n) is 7.83. The number of carboxylic acids is 3. The number of halogens is 1. The Labute approximate surface area is 251 Å². The van der Waals surface area contributed by atoms with Gasteiger partial charge >= 0.3 is 23.9 Å². The van der Waals surface area contributed by atoms with Crippen molar-refractivity contribution in [3.63, 3.8) is 0 Å². The maximum Gasteiger partial charge on any atom is 0.303 e. The summed E-state index contributed by atoms with van der Waals surface area (Å²) in [6, 6.07) is 15.8. The molecule has 0 saturated carbocycles. The highest BCUT2D eigenvalue weighted by molar-refractivity contribution is 7.15. The Morgan fingerprint density at radius 3 is 2.12 bits per heavy atom. The Hall–Kier alpha value is -4.09. The number of rotatable bonds is 12. The predicted molar refractivity (Wildman–Crippen MR) is 155 cm³/mol. The summed E-state index contributed by atoms with van der Waals surface area (Å²) >= 11 is 1.57. The quantitative estimate of drug-likeness (QED) is 0.218. The molecule has 0 spiro atoms. The Kier molecular flexibility index (Phi) is 10.3. The second-order valence-corrected chi connectivity index (χ2v) is 12.0. The van der Waals surface area contributed by atoms with E-state index in [1.165, 1.54) is 19.1 Å². The van der Waals surface area contributed by atoms with Crippen molar-refractivity contribution in [2.24, 2.45) is 17.8 Å². The topological polar surface area (TPSA) is 147 Å². The van der Waals surface area contributed by atoms with Crippen LogP contribution in [-0.2, 0) is 35.1 Å². The van der Waals surface area contributed by atoms with E-state index in [0.717, 1.165) is 26.4 Å². The summed E-state index contributed by atoms with van der Waals surface area (Å²) < 4.78 is 24.9. The van der Waals surface area contributed by atoms with Gasteiger partial charge in [-0.15, -0.1) is 11.3 Å². The first-order valence-electron chi connectivity index (χ1n) is 13.8. The molecule has 4 rings (SSSR count). The number of benzene rings is 2. The van der Waals surface area contributed by atoms with Gasteiger partial charge in [0.2, 0.25) is 0 Å². The molecule has 0 radical (unpaired) electrons. The molecule has 5 atom stereocenters. The molecule has 3 aromatic rings. The molecule has 1 fully saturated rings. The Bertz CT molecular complexity index is 1480. The monoisotopic (exact) mass is 612 g/mol. The van der Waals surface area contributed by atoms with E-state index in [0.29, 0.717) is 12.0 Å². The van der Waals surface area contributed by atoms with Crippen LogP contribution >= 0.6 is 11.3 Å². The van der Waals surface area contributed by atoms with Crippen molar-refractivity contribution < 1.29 is 48.4 Å². The Balaban J connectivity index is 1.70. The molecule has 0 aliphatic carbocycles. The zero-order valence-corrected chi connectivity index (χ0v) is 24.5. The third kappa shape index (κ3) is 8.26. The number of aliphatic carboxylic acids is 3. The number of carbonyl (C=O) groups excluding carboxylic acids is 1. The fourth-order valence-corrected chi connectivity index (χ4v) is 6.87. The van der Waals surface area contributed by atoms with Gasteiger partial charge in [0.15, 0.2) is 0 Å². The molecule has 1 aliphatic rings. The number of esters is 1. The van der Waals surface area contributed by atoms with Gasteiger partial charge in [-0.05, 0) is 59.4 Å². The van der Waals surface area contributed by atoms with Crippen LogP contribution in [-0.4, -0.2) is 51.9 Å². The number of carbonyl (C=O) groups is 4. The molecule has 2 heterocycles. The first kappa shape index (κ1) is 31.8. The highest BCUT2D eigenvalue weighted by Crippen LogP contribution is 2.48. The van der Waals surface area contributed by atoms with Gasteiger partial charge in [0.25, 0.3) is 0 Å². The van der Waals surface area contributed by atoms with Crippen molar-refractivity contribution in [3.8, 4) is 10.4 Å². The number of thiophene rings is 1. The number of hydrogen-bond donors (Lipinski definition) is 3. The number of carboxylic acid groups (broad SMARTS) is 3. The van der Waals surface area contributed by atoms with Crippen molar-refractivity contribution in [1.29, 1.82) is 0 Å². The molecule has 11 heteroatoms. The van der Waals surface area contributed by atoms with Gasteiger partial charge < -0.3 is 24.8 Å². The lowest BCUT2D eigenvalue weighted by atomic mass is 9.68. The SMILES string of the molecule is CC(=O)OC[C@@H]1O[C@H](c2ccc(C)c(Cc3ccc(-c4ccc(F)cc4)s3)c2)[C@@H](CC(=O)O)[C@@H](CC(=O)O)[C@H]1CC(=O)O. The number of ether oxygens (including phenoxy) is 2. The van der Waals surface area contributed by atoms with Crippen molar-refractivity contribution in [2.75, 3.05) is 6.61 Å². The molecule has 1 aromatic heterocycles. The van der Waals surface area contributed by atoms with E-state index in [1.54, 1.807) is 29.5 Å². The molecule has 1 saturated heterocycles. The van der Waals surface area contributed by atoms with Gasteiger partial charge in [-0.2, -0.15) is 0 Å². The van der Waals surface area contributed by atoms with E-state index < -0.39 is 73.1 Å². The molecule has 2 aromatic carbocycles.